The lowest BCUT2D eigenvalue weighted by Gasteiger charge is -2.17. The molecular weight excluding hydrogens is 276 g/mol. The number of nitrogens with zero attached hydrogens (tertiary/aromatic N) is 1. The predicted octanol–water partition coefficient (Wildman–Crippen LogP) is -2.49. The van der Waals surface area contributed by atoms with Gasteiger partial charge in [-0.1, -0.05) is 0 Å². The van der Waals surface area contributed by atoms with E-state index in [4.69, 9.17) is 15.2 Å². The Kier molecular flexibility index (Phi) is 4.20. The first-order valence-corrected chi connectivity index (χ1v) is 5.84. The maximum Gasteiger partial charge on any atom is 0.315 e. The second kappa shape index (κ2) is 5.88. The lowest BCUT2D eigenvalue weighted by molar-refractivity contribution is -0.769. The summed E-state index contributed by atoms with van der Waals surface area (Å²) in [5.41, 5.74) is 4.89. The van der Waals surface area contributed by atoms with E-state index in [1.54, 1.807) is 0 Å². The minimum atomic E-state index is -0.903. The van der Waals surface area contributed by atoms with Gasteiger partial charge in [0, 0.05) is 0 Å². The van der Waals surface area contributed by atoms with Crippen molar-refractivity contribution in [3.63, 3.8) is 0 Å². The molecule has 112 valence electrons. The Morgan fingerprint density at radius 1 is 1.35 bits per heavy atom. The Labute approximate surface area is 112 Å². The molecule has 0 aromatic rings. The summed E-state index contributed by atoms with van der Waals surface area (Å²) in [4.78, 5) is 36.7. The number of urea groups is 1. The molecule has 0 aromatic heterocycles. The molecule has 0 spiro atoms. The van der Waals surface area contributed by atoms with Crippen LogP contribution < -0.4 is 16.4 Å². The standard InChI is InChI=1S/C9H14N4O7/c10-6(14)1-11-9(15)12-4-2-18-8-5(20-13(16)17)3-19-7(4)8/h4-5,7-8H,1-3H2,(H2,10,14)(H2,11,12,15)/t4-,5?,7-,8-/m1/s1. The van der Waals surface area contributed by atoms with Gasteiger partial charge in [-0.2, -0.15) is 0 Å². The Balaban J connectivity index is 1.83. The fourth-order valence-corrected chi connectivity index (χ4v) is 2.18. The van der Waals surface area contributed by atoms with Gasteiger partial charge in [0.25, 0.3) is 5.09 Å². The average molecular weight is 290 g/mol. The topological polar surface area (TPSA) is 155 Å². The highest BCUT2D eigenvalue weighted by atomic mass is 17.0. The van der Waals surface area contributed by atoms with Crippen LogP contribution >= 0.6 is 0 Å². The normalized spacial score (nSPS) is 31.4. The van der Waals surface area contributed by atoms with Crippen molar-refractivity contribution >= 4 is 11.9 Å². The van der Waals surface area contributed by atoms with Gasteiger partial charge in [0.2, 0.25) is 5.91 Å². The number of nitrogens with two attached hydrogens (primary N) is 1. The molecule has 20 heavy (non-hydrogen) atoms. The van der Waals surface area contributed by atoms with Gasteiger partial charge in [-0.25, -0.2) is 4.79 Å². The summed E-state index contributed by atoms with van der Waals surface area (Å²) >= 11 is 0. The second-order valence-electron chi connectivity index (χ2n) is 4.36. The van der Waals surface area contributed by atoms with Crippen LogP contribution in [0.15, 0.2) is 0 Å². The maximum absolute atomic E-state index is 11.5. The lowest BCUT2D eigenvalue weighted by Crippen LogP contribution is -2.49. The highest BCUT2D eigenvalue weighted by molar-refractivity contribution is 5.82. The molecule has 2 rings (SSSR count). The van der Waals surface area contributed by atoms with Crippen LogP contribution in [0.1, 0.15) is 0 Å². The van der Waals surface area contributed by atoms with Crippen molar-refractivity contribution in [2.75, 3.05) is 19.8 Å². The summed E-state index contributed by atoms with van der Waals surface area (Å²) in [5, 5.41) is 14.2. The lowest BCUT2D eigenvalue weighted by atomic mass is 10.1. The largest absolute Gasteiger partial charge is 0.371 e. The van der Waals surface area contributed by atoms with Crippen LogP contribution in [0.2, 0.25) is 0 Å². The molecular formula is C9H14N4O7. The van der Waals surface area contributed by atoms with Crippen LogP contribution in [-0.2, 0) is 19.1 Å². The quantitative estimate of drug-likeness (QED) is 0.373. The Hall–Kier alpha value is -2.14. The molecule has 2 fully saturated rings. The predicted molar refractivity (Wildman–Crippen MR) is 60.9 cm³/mol. The average Bonchev–Trinajstić information content (AvgIpc) is 2.91. The van der Waals surface area contributed by atoms with E-state index in [1.165, 1.54) is 0 Å². The fourth-order valence-electron chi connectivity index (χ4n) is 2.18. The van der Waals surface area contributed by atoms with Crippen molar-refractivity contribution < 1.29 is 29.0 Å². The van der Waals surface area contributed by atoms with Crippen molar-refractivity contribution in [1.82, 2.24) is 10.6 Å². The third-order valence-corrected chi connectivity index (χ3v) is 2.97. The van der Waals surface area contributed by atoms with Crippen molar-refractivity contribution in [3.8, 4) is 0 Å². The minimum absolute atomic E-state index is 0.0113. The minimum Gasteiger partial charge on any atom is -0.371 e. The number of nitrogens with one attached hydrogen (secondary N) is 2. The first kappa shape index (κ1) is 14.3. The number of rotatable bonds is 5. The van der Waals surface area contributed by atoms with Gasteiger partial charge in [0.05, 0.1) is 25.8 Å². The molecule has 11 heteroatoms. The number of hydrogen-bond donors (Lipinski definition) is 3. The first-order chi connectivity index (χ1) is 9.47. The number of hydrogen-bond acceptors (Lipinski definition) is 7. The first-order valence-electron chi connectivity index (χ1n) is 5.84. The van der Waals surface area contributed by atoms with E-state index < -0.39 is 41.4 Å². The van der Waals surface area contributed by atoms with Crippen molar-refractivity contribution in [3.05, 3.63) is 10.1 Å². The zero-order valence-electron chi connectivity index (χ0n) is 10.3. The zero-order valence-corrected chi connectivity index (χ0v) is 10.3. The summed E-state index contributed by atoms with van der Waals surface area (Å²) in [7, 11) is 0. The van der Waals surface area contributed by atoms with Gasteiger partial charge in [-0.15, -0.1) is 10.1 Å². The molecule has 0 aliphatic carbocycles. The van der Waals surface area contributed by atoms with Crippen LogP contribution in [-0.4, -0.2) is 61.1 Å². The van der Waals surface area contributed by atoms with E-state index in [2.05, 4.69) is 15.5 Å². The van der Waals surface area contributed by atoms with E-state index in [1.807, 2.05) is 0 Å². The summed E-state index contributed by atoms with van der Waals surface area (Å²) in [5.74, 6) is -0.669. The van der Waals surface area contributed by atoms with E-state index in [0.29, 0.717) is 0 Å². The number of carbonyl (C=O) groups excluding carboxylic acids is 2. The SMILES string of the molecule is NC(=O)CNC(=O)N[C@@H]1CO[C@@H]2C(O[N+](=O)[O-])CO[C@@H]21. The van der Waals surface area contributed by atoms with Gasteiger partial charge < -0.3 is 30.7 Å². The van der Waals surface area contributed by atoms with Gasteiger partial charge in [0.15, 0.2) is 6.10 Å². The van der Waals surface area contributed by atoms with Crippen molar-refractivity contribution in [2.24, 2.45) is 5.73 Å². The zero-order chi connectivity index (χ0) is 14.7. The molecule has 2 heterocycles. The Bertz CT molecular complexity index is 417. The van der Waals surface area contributed by atoms with Crippen molar-refractivity contribution in [1.29, 1.82) is 0 Å². The summed E-state index contributed by atoms with van der Waals surface area (Å²) in [6, 6.07) is -1.08. The molecule has 0 aromatic carbocycles. The van der Waals surface area contributed by atoms with E-state index in [0.717, 1.165) is 0 Å². The number of fused-ring (bicyclic) bond motifs is 1. The van der Waals surface area contributed by atoms with Crippen LogP contribution in [0.3, 0.4) is 0 Å². The van der Waals surface area contributed by atoms with Crippen LogP contribution in [0.4, 0.5) is 4.79 Å². The van der Waals surface area contributed by atoms with Crippen molar-refractivity contribution in [2.45, 2.75) is 24.4 Å². The molecule has 2 saturated heterocycles. The number of carbonyl (C=O) groups is 2. The molecule has 2 aliphatic heterocycles. The van der Waals surface area contributed by atoms with Gasteiger partial charge in [-0.05, 0) is 0 Å². The van der Waals surface area contributed by atoms with E-state index in [-0.39, 0.29) is 19.8 Å². The monoisotopic (exact) mass is 290 g/mol. The van der Waals surface area contributed by atoms with Crippen LogP contribution in [0, 0.1) is 10.1 Å². The summed E-state index contributed by atoms with van der Waals surface area (Å²) in [6.07, 6.45) is -1.95. The van der Waals surface area contributed by atoms with Crippen LogP contribution in [0.25, 0.3) is 0 Å². The number of primary amides is 1. The van der Waals surface area contributed by atoms with Crippen LogP contribution in [0.5, 0.6) is 0 Å². The summed E-state index contributed by atoms with van der Waals surface area (Å²) in [6.45, 7) is -0.143. The highest BCUT2D eigenvalue weighted by Crippen LogP contribution is 2.28. The van der Waals surface area contributed by atoms with Gasteiger partial charge in [0.1, 0.15) is 12.2 Å². The van der Waals surface area contributed by atoms with E-state index >= 15 is 0 Å². The van der Waals surface area contributed by atoms with E-state index in [9.17, 15) is 19.7 Å². The molecule has 0 bridgehead atoms. The Morgan fingerprint density at radius 3 is 2.70 bits per heavy atom. The third kappa shape index (κ3) is 3.24. The second-order valence-corrected chi connectivity index (χ2v) is 4.36. The molecule has 0 saturated carbocycles. The molecule has 0 radical (unpaired) electrons. The highest BCUT2D eigenvalue weighted by Gasteiger charge is 2.49. The number of amides is 3. The smallest absolute Gasteiger partial charge is 0.315 e. The maximum atomic E-state index is 11.5. The molecule has 3 amide bonds. The third-order valence-electron chi connectivity index (χ3n) is 2.97. The van der Waals surface area contributed by atoms with Gasteiger partial charge >= 0.3 is 6.03 Å². The molecule has 1 unspecified atom stereocenters. The molecule has 2 aliphatic rings. The molecule has 11 nitrogen and oxygen atoms in total. The fraction of sp³-hybridized carbons (Fsp3) is 0.778. The number of ether oxygens (including phenoxy) is 2. The summed E-state index contributed by atoms with van der Waals surface area (Å²) < 4.78 is 10.7. The Morgan fingerprint density at radius 2 is 2.05 bits per heavy atom. The van der Waals surface area contributed by atoms with Gasteiger partial charge in [-0.3, -0.25) is 4.79 Å². The molecule has 4 atom stereocenters. The molecule has 4 N–H and O–H groups in total.